The van der Waals surface area contributed by atoms with Crippen molar-refractivity contribution in [3.05, 3.63) is 0 Å². The second kappa shape index (κ2) is 4.24. The molecule has 0 aromatic carbocycles. The Morgan fingerprint density at radius 2 is 2.20 bits per heavy atom. The number of carbonyl (C=O) groups excluding carboxylic acids is 1. The van der Waals surface area contributed by atoms with E-state index in [0.29, 0.717) is 0 Å². The highest BCUT2D eigenvalue weighted by molar-refractivity contribution is 5.81. The molecule has 0 rings (SSSR count). The van der Waals surface area contributed by atoms with Crippen molar-refractivity contribution in [1.29, 1.82) is 0 Å². The highest BCUT2D eigenvalue weighted by Crippen LogP contribution is 1.80. The van der Waals surface area contributed by atoms with E-state index in [2.05, 4.69) is 5.32 Å². The van der Waals surface area contributed by atoms with Gasteiger partial charge in [0.25, 0.3) is 0 Å². The Morgan fingerprint density at radius 1 is 1.70 bits per heavy atom. The number of aliphatic hydroxyl groups excluding tert-OH is 1. The second-order valence-electron chi connectivity index (χ2n) is 2.38. The first-order valence-corrected chi connectivity index (χ1v) is 3.24. The number of nitrogens with one attached hydrogen (secondary N) is 1. The van der Waals surface area contributed by atoms with Crippen LogP contribution >= 0.6 is 0 Å². The quantitative estimate of drug-likeness (QED) is 0.469. The zero-order valence-electron chi connectivity index (χ0n) is 6.29. The predicted octanol–water partition coefficient (Wildman–Crippen LogP) is -1.17. The van der Waals surface area contributed by atoms with Crippen molar-refractivity contribution in [2.45, 2.75) is 25.9 Å². The molecule has 2 atom stereocenters. The van der Waals surface area contributed by atoms with E-state index in [1.54, 1.807) is 13.8 Å². The lowest BCUT2D eigenvalue weighted by Gasteiger charge is -2.12. The molecule has 4 nitrogen and oxygen atoms in total. The first kappa shape index (κ1) is 9.39. The van der Waals surface area contributed by atoms with Crippen molar-refractivity contribution in [2.75, 3.05) is 6.61 Å². The summed E-state index contributed by atoms with van der Waals surface area (Å²) in [5, 5.41) is 11.0. The van der Waals surface area contributed by atoms with Crippen LogP contribution in [0.5, 0.6) is 0 Å². The Morgan fingerprint density at radius 3 is 2.50 bits per heavy atom. The Hall–Kier alpha value is -0.610. The first-order valence-electron chi connectivity index (χ1n) is 3.24. The van der Waals surface area contributed by atoms with E-state index >= 15 is 0 Å². The monoisotopic (exact) mass is 146 g/mol. The van der Waals surface area contributed by atoms with Crippen molar-refractivity contribution in [3.63, 3.8) is 0 Å². The minimum absolute atomic E-state index is 0.0571. The number of hydrogen-bond donors (Lipinski definition) is 3. The van der Waals surface area contributed by atoms with Crippen LogP contribution < -0.4 is 11.1 Å². The number of hydrogen-bond acceptors (Lipinski definition) is 3. The smallest absolute Gasteiger partial charge is 0.236 e. The third kappa shape index (κ3) is 3.42. The summed E-state index contributed by atoms with van der Waals surface area (Å²) in [5.74, 6) is -0.235. The Balaban J connectivity index is 3.57. The molecule has 1 amide bonds. The molecule has 0 bridgehead atoms. The minimum Gasteiger partial charge on any atom is -0.394 e. The van der Waals surface area contributed by atoms with E-state index in [4.69, 9.17) is 10.8 Å². The van der Waals surface area contributed by atoms with Gasteiger partial charge in [0.2, 0.25) is 5.91 Å². The molecule has 0 aliphatic heterocycles. The molecule has 0 spiro atoms. The van der Waals surface area contributed by atoms with E-state index in [1.807, 2.05) is 0 Å². The van der Waals surface area contributed by atoms with E-state index in [0.717, 1.165) is 0 Å². The van der Waals surface area contributed by atoms with Crippen LogP contribution in [0.1, 0.15) is 13.8 Å². The van der Waals surface area contributed by atoms with Crippen LogP contribution in [0.15, 0.2) is 0 Å². The number of amides is 1. The summed E-state index contributed by atoms with van der Waals surface area (Å²) in [4.78, 5) is 10.8. The van der Waals surface area contributed by atoms with Crippen LogP contribution in [0.2, 0.25) is 0 Å². The van der Waals surface area contributed by atoms with Gasteiger partial charge in [0.15, 0.2) is 0 Å². The first-order chi connectivity index (χ1) is 4.57. The Bertz CT molecular complexity index is 114. The van der Waals surface area contributed by atoms with Crippen molar-refractivity contribution in [1.82, 2.24) is 5.32 Å². The molecule has 0 aliphatic carbocycles. The van der Waals surface area contributed by atoms with Crippen molar-refractivity contribution in [3.8, 4) is 0 Å². The fraction of sp³-hybridized carbons (Fsp3) is 0.833. The van der Waals surface area contributed by atoms with Crippen LogP contribution in [0.4, 0.5) is 0 Å². The number of carbonyl (C=O) groups is 1. The van der Waals surface area contributed by atoms with Gasteiger partial charge in [-0.2, -0.15) is 0 Å². The maximum absolute atomic E-state index is 10.8. The normalized spacial score (nSPS) is 16.0. The van der Waals surface area contributed by atoms with Gasteiger partial charge in [0, 0.05) is 6.04 Å². The average Bonchev–Trinajstić information content (AvgIpc) is 1.87. The molecule has 0 saturated heterocycles. The molecular formula is C6H14N2O2. The molecule has 0 unspecified atom stereocenters. The van der Waals surface area contributed by atoms with Gasteiger partial charge in [-0.3, -0.25) is 4.79 Å². The largest absolute Gasteiger partial charge is 0.394 e. The fourth-order valence-electron chi connectivity index (χ4n) is 0.420. The fourth-order valence-corrected chi connectivity index (χ4v) is 0.420. The predicted molar refractivity (Wildman–Crippen MR) is 38.3 cm³/mol. The summed E-state index contributed by atoms with van der Waals surface area (Å²) in [7, 11) is 0. The molecule has 0 radical (unpaired) electrons. The van der Waals surface area contributed by atoms with Gasteiger partial charge in [-0.1, -0.05) is 0 Å². The molecule has 4 N–H and O–H groups in total. The molecule has 10 heavy (non-hydrogen) atoms. The van der Waals surface area contributed by atoms with Gasteiger partial charge in [-0.15, -0.1) is 0 Å². The Kier molecular flexibility index (Phi) is 3.99. The number of nitrogens with two attached hydrogens (primary N) is 1. The summed E-state index contributed by atoms with van der Waals surface area (Å²) >= 11 is 0. The summed E-state index contributed by atoms with van der Waals surface area (Å²) < 4.78 is 0. The van der Waals surface area contributed by atoms with Crippen LogP contribution in [0.25, 0.3) is 0 Å². The van der Waals surface area contributed by atoms with E-state index in [1.165, 1.54) is 0 Å². The molecule has 0 fully saturated rings. The maximum atomic E-state index is 10.8. The molecule has 0 aromatic heterocycles. The summed E-state index contributed by atoms with van der Waals surface area (Å²) in [6.07, 6.45) is 0. The maximum Gasteiger partial charge on any atom is 0.236 e. The molecule has 0 aliphatic rings. The van der Waals surface area contributed by atoms with E-state index < -0.39 is 6.04 Å². The van der Waals surface area contributed by atoms with Crippen LogP contribution in [0.3, 0.4) is 0 Å². The van der Waals surface area contributed by atoms with Gasteiger partial charge in [0.1, 0.15) is 0 Å². The van der Waals surface area contributed by atoms with Gasteiger partial charge in [-0.25, -0.2) is 0 Å². The zero-order valence-corrected chi connectivity index (χ0v) is 6.29. The topological polar surface area (TPSA) is 75.3 Å². The zero-order chi connectivity index (χ0) is 8.15. The molecular weight excluding hydrogens is 132 g/mol. The second-order valence-corrected chi connectivity index (χ2v) is 2.38. The molecule has 0 saturated carbocycles. The lowest BCUT2D eigenvalue weighted by Crippen LogP contribution is -2.43. The molecule has 60 valence electrons. The van der Waals surface area contributed by atoms with Crippen LogP contribution in [0, 0.1) is 0 Å². The average molecular weight is 146 g/mol. The van der Waals surface area contributed by atoms with Crippen LogP contribution in [-0.2, 0) is 4.79 Å². The molecule has 4 heteroatoms. The highest BCUT2D eigenvalue weighted by Gasteiger charge is 2.09. The minimum atomic E-state index is -0.506. The number of rotatable bonds is 3. The van der Waals surface area contributed by atoms with E-state index in [-0.39, 0.29) is 18.6 Å². The Labute approximate surface area is 60.4 Å². The van der Waals surface area contributed by atoms with Gasteiger partial charge in [0.05, 0.1) is 12.6 Å². The van der Waals surface area contributed by atoms with Gasteiger partial charge in [-0.05, 0) is 13.8 Å². The van der Waals surface area contributed by atoms with Gasteiger partial charge < -0.3 is 16.2 Å². The lowest BCUT2D eigenvalue weighted by molar-refractivity contribution is -0.122. The standard InChI is InChI=1S/C6H14N2O2/c1-4(3-9)8-6(10)5(2)7/h4-5,9H,3,7H2,1-2H3,(H,8,10)/t4-,5+/m1/s1. The summed E-state index contributed by atoms with van der Waals surface area (Å²) in [6, 6.07) is -0.715. The highest BCUT2D eigenvalue weighted by atomic mass is 16.3. The van der Waals surface area contributed by atoms with Gasteiger partial charge >= 0.3 is 0 Å². The number of aliphatic hydroxyl groups is 1. The SMILES string of the molecule is C[C@H](CO)NC(=O)[C@H](C)N. The summed E-state index contributed by atoms with van der Waals surface area (Å²) in [5.41, 5.74) is 5.25. The molecule has 0 heterocycles. The third-order valence-electron chi connectivity index (χ3n) is 1.08. The van der Waals surface area contributed by atoms with Crippen molar-refractivity contribution in [2.24, 2.45) is 5.73 Å². The van der Waals surface area contributed by atoms with Crippen molar-refractivity contribution >= 4 is 5.91 Å². The summed E-state index contributed by atoms with van der Waals surface area (Å²) in [6.45, 7) is 3.25. The van der Waals surface area contributed by atoms with E-state index in [9.17, 15) is 4.79 Å². The lowest BCUT2D eigenvalue weighted by atomic mass is 10.3. The molecule has 0 aromatic rings. The van der Waals surface area contributed by atoms with Crippen molar-refractivity contribution < 1.29 is 9.90 Å². The van der Waals surface area contributed by atoms with Crippen LogP contribution in [-0.4, -0.2) is 29.7 Å². The third-order valence-corrected chi connectivity index (χ3v) is 1.08.